The fraction of sp³-hybridized carbons (Fsp3) is 0.269. The number of nitrogens with zero attached hydrogens (tertiary/aromatic N) is 4. The summed E-state index contributed by atoms with van der Waals surface area (Å²) in [6, 6.07) is 15.6. The van der Waals surface area contributed by atoms with E-state index in [1.165, 1.54) is 0 Å². The van der Waals surface area contributed by atoms with Crippen LogP contribution in [0, 0.1) is 0 Å². The van der Waals surface area contributed by atoms with Gasteiger partial charge in [-0.1, -0.05) is 24.3 Å². The van der Waals surface area contributed by atoms with Crippen LogP contribution < -0.4 is 10.1 Å². The van der Waals surface area contributed by atoms with Gasteiger partial charge in [-0.15, -0.1) is 0 Å². The standard InChI is InChI=1S/C26H27N5O2/c1-30-10-12-31(13-11-30)25(32)21-15-19-5-2-3-14-33-23-7-4-6-20(18-23)24-8-9-27-26(29-24)28-22(16-19)17-21/h2,4-9,15-18H,3,10-14H2,1H3,(H,27,28,29)/b5-2-. The molecule has 2 aromatic carbocycles. The number of carbonyl (C=O) groups is 1. The number of hydrogen-bond acceptors (Lipinski definition) is 6. The van der Waals surface area contributed by atoms with E-state index in [9.17, 15) is 4.79 Å². The van der Waals surface area contributed by atoms with Gasteiger partial charge in [0.2, 0.25) is 5.95 Å². The molecule has 33 heavy (non-hydrogen) atoms. The predicted molar refractivity (Wildman–Crippen MR) is 130 cm³/mol. The van der Waals surface area contributed by atoms with Crippen LogP contribution in [0.3, 0.4) is 0 Å². The first-order chi connectivity index (χ1) is 16.1. The van der Waals surface area contributed by atoms with E-state index in [1.54, 1.807) is 6.20 Å². The normalized spacial score (nSPS) is 17.2. The first kappa shape index (κ1) is 21.2. The van der Waals surface area contributed by atoms with Gasteiger partial charge in [-0.3, -0.25) is 4.79 Å². The van der Waals surface area contributed by atoms with Gasteiger partial charge in [0.15, 0.2) is 0 Å². The second-order valence-corrected chi connectivity index (χ2v) is 8.40. The van der Waals surface area contributed by atoms with E-state index in [4.69, 9.17) is 4.74 Å². The summed E-state index contributed by atoms with van der Waals surface area (Å²) >= 11 is 0. The maximum absolute atomic E-state index is 13.3. The molecule has 1 N–H and O–H groups in total. The topological polar surface area (TPSA) is 70.6 Å². The number of carbonyl (C=O) groups excluding carboxylic acids is 1. The lowest BCUT2D eigenvalue weighted by molar-refractivity contribution is 0.0664. The summed E-state index contributed by atoms with van der Waals surface area (Å²) < 4.78 is 5.92. The number of amides is 1. The van der Waals surface area contributed by atoms with E-state index < -0.39 is 0 Å². The summed E-state index contributed by atoms with van der Waals surface area (Å²) in [5.41, 5.74) is 4.15. The highest BCUT2D eigenvalue weighted by Crippen LogP contribution is 2.25. The Morgan fingerprint density at radius 1 is 1.06 bits per heavy atom. The minimum absolute atomic E-state index is 0.0494. The van der Waals surface area contributed by atoms with Crippen LogP contribution in [0.4, 0.5) is 11.6 Å². The molecule has 0 spiro atoms. The fourth-order valence-corrected chi connectivity index (χ4v) is 4.05. The number of likely N-dealkylation sites (N-methyl/N-ethyl adjacent to an activating group) is 1. The van der Waals surface area contributed by atoms with Crippen molar-refractivity contribution in [2.75, 3.05) is 45.2 Å². The monoisotopic (exact) mass is 441 g/mol. The molecule has 0 saturated carbocycles. The highest BCUT2D eigenvalue weighted by molar-refractivity contribution is 5.96. The smallest absolute Gasteiger partial charge is 0.254 e. The molecule has 6 bridgehead atoms. The Balaban J connectivity index is 1.50. The van der Waals surface area contributed by atoms with Crippen LogP contribution in [0.15, 0.2) is 60.8 Å². The van der Waals surface area contributed by atoms with Gasteiger partial charge in [-0.25, -0.2) is 9.97 Å². The van der Waals surface area contributed by atoms with Crippen molar-refractivity contribution in [2.45, 2.75) is 6.42 Å². The fourth-order valence-electron chi connectivity index (χ4n) is 4.05. The average molecular weight is 442 g/mol. The maximum Gasteiger partial charge on any atom is 0.254 e. The van der Waals surface area contributed by atoms with Crippen molar-refractivity contribution < 1.29 is 9.53 Å². The number of rotatable bonds is 1. The molecule has 168 valence electrons. The minimum atomic E-state index is 0.0494. The molecule has 7 heteroatoms. The molecule has 3 aromatic rings. The van der Waals surface area contributed by atoms with Gasteiger partial charge in [-0.2, -0.15) is 0 Å². The van der Waals surface area contributed by atoms with Crippen LogP contribution >= 0.6 is 0 Å². The number of fused-ring (bicyclic) bond motifs is 7. The molecule has 2 aliphatic heterocycles. The maximum atomic E-state index is 13.3. The van der Waals surface area contributed by atoms with Gasteiger partial charge in [-0.05, 0) is 55.4 Å². The van der Waals surface area contributed by atoms with Crippen molar-refractivity contribution >= 4 is 23.6 Å². The lowest BCUT2D eigenvalue weighted by Gasteiger charge is -2.32. The molecule has 0 unspecified atom stereocenters. The number of hydrogen-bond donors (Lipinski definition) is 1. The SMILES string of the molecule is CN1CCN(C(=O)c2cc3cc(c2)Nc2nccc(n2)-c2cccc(c2)OCC/C=C\3)CC1. The van der Waals surface area contributed by atoms with Crippen molar-refractivity contribution in [3.8, 4) is 17.0 Å². The Morgan fingerprint density at radius 2 is 1.94 bits per heavy atom. The molecule has 1 saturated heterocycles. The van der Waals surface area contributed by atoms with E-state index in [2.05, 4.69) is 33.3 Å². The van der Waals surface area contributed by atoms with Gasteiger partial charge in [0.25, 0.3) is 5.91 Å². The Hall–Kier alpha value is -3.71. The zero-order valence-electron chi connectivity index (χ0n) is 18.7. The number of anilines is 2. The van der Waals surface area contributed by atoms with Crippen molar-refractivity contribution in [2.24, 2.45) is 0 Å². The largest absolute Gasteiger partial charge is 0.493 e. The third-order valence-electron chi connectivity index (χ3n) is 5.90. The molecule has 5 rings (SSSR count). The zero-order valence-corrected chi connectivity index (χ0v) is 18.7. The van der Waals surface area contributed by atoms with E-state index >= 15 is 0 Å². The predicted octanol–water partition coefficient (Wildman–Crippen LogP) is 4.07. The Bertz CT molecular complexity index is 1180. The Labute approximate surface area is 193 Å². The van der Waals surface area contributed by atoms with Crippen LogP contribution in [-0.4, -0.2) is 65.5 Å². The lowest BCUT2D eigenvalue weighted by atomic mass is 10.1. The molecule has 3 heterocycles. The van der Waals surface area contributed by atoms with Crippen LogP contribution in [0.25, 0.3) is 17.3 Å². The highest BCUT2D eigenvalue weighted by Gasteiger charge is 2.21. The Morgan fingerprint density at radius 3 is 2.82 bits per heavy atom. The van der Waals surface area contributed by atoms with Crippen molar-refractivity contribution in [3.05, 3.63) is 71.9 Å². The number of aromatic nitrogens is 2. The van der Waals surface area contributed by atoms with Crippen molar-refractivity contribution in [1.29, 1.82) is 0 Å². The quantitative estimate of drug-likeness (QED) is 0.614. The van der Waals surface area contributed by atoms with Crippen LogP contribution in [0.2, 0.25) is 0 Å². The summed E-state index contributed by atoms with van der Waals surface area (Å²) in [6.07, 6.45) is 6.60. The van der Waals surface area contributed by atoms with Gasteiger partial charge in [0, 0.05) is 49.2 Å². The summed E-state index contributed by atoms with van der Waals surface area (Å²) in [5, 5.41) is 3.30. The van der Waals surface area contributed by atoms with Crippen LogP contribution in [0.5, 0.6) is 5.75 Å². The summed E-state index contributed by atoms with van der Waals surface area (Å²) in [4.78, 5) is 26.5. The average Bonchev–Trinajstić information content (AvgIpc) is 2.84. The molecule has 1 aromatic heterocycles. The second-order valence-electron chi connectivity index (χ2n) is 8.40. The molecule has 1 amide bonds. The van der Waals surface area contributed by atoms with Gasteiger partial charge in [0.05, 0.1) is 12.3 Å². The van der Waals surface area contributed by atoms with Crippen LogP contribution in [-0.2, 0) is 0 Å². The summed E-state index contributed by atoms with van der Waals surface area (Å²) in [7, 11) is 2.08. The lowest BCUT2D eigenvalue weighted by Crippen LogP contribution is -2.47. The summed E-state index contributed by atoms with van der Waals surface area (Å²) in [6.45, 7) is 3.81. The van der Waals surface area contributed by atoms with E-state index in [1.807, 2.05) is 59.5 Å². The molecular weight excluding hydrogens is 414 g/mol. The molecule has 0 radical (unpaired) electrons. The van der Waals surface area contributed by atoms with Gasteiger partial charge >= 0.3 is 0 Å². The molecular formula is C26H27N5O2. The molecule has 2 aliphatic rings. The number of nitrogens with one attached hydrogen (secondary N) is 1. The van der Waals surface area contributed by atoms with E-state index in [-0.39, 0.29) is 5.91 Å². The third kappa shape index (κ3) is 5.04. The number of ether oxygens (including phenoxy) is 1. The zero-order chi connectivity index (χ0) is 22.6. The van der Waals surface area contributed by atoms with Crippen molar-refractivity contribution in [3.63, 3.8) is 0 Å². The molecule has 0 aliphatic carbocycles. The Kier molecular flexibility index (Phi) is 6.04. The van der Waals surface area contributed by atoms with Crippen molar-refractivity contribution in [1.82, 2.24) is 19.8 Å². The van der Waals surface area contributed by atoms with Crippen LogP contribution in [0.1, 0.15) is 22.3 Å². The van der Waals surface area contributed by atoms with Gasteiger partial charge in [0.1, 0.15) is 5.75 Å². The molecule has 0 atom stereocenters. The molecule has 1 fully saturated rings. The van der Waals surface area contributed by atoms with E-state index in [0.29, 0.717) is 18.1 Å². The third-order valence-corrected chi connectivity index (χ3v) is 5.90. The second kappa shape index (κ2) is 9.42. The highest BCUT2D eigenvalue weighted by atomic mass is 16.5. The first-order valence-corrected chi connectivity index (χ1v) is 11.3. The van der Waals surface area contributed by atoms with Gasteiger partial charge < -0.3 is 19.9 Å². The van der Waals surface area contributed by atoms with E-state index in [0.717, 1.165) is 60.9 Å². The minimum Gasteiger partial charge on any atom is -0.493 e. The first-order valence-electron chi connectivity index (χ1n) is 11.3. The summed E-state index contributed by atoms with van der Waals surface area (Å²) in [5.74, 6) is 1.34. The number of piperazine rings is 1. The number of benzene rings is 2. The molecule has 7 nitrogen and oxygen atoms in total.